The SMILES string of the molecule is C/C=C\C=C/C.C/C=C\C=NC.C/C=C\N=NC.C/C=N\N=C/C.CC=N/C=C\C.CC=NC=NC.CN=CC=NC. The zero-order valence-corrected chi connectivity index (χ0v) is 28.9. The normalized spacial score (nSPS) is 11.7. The fourth-order valence-electron chi connectivity index (χ4n) is 1.10. The minimum atomic E-state index is 1.50. The molecule has 0 heterocycles. The summed E-state index contributed by atoms with van der Waals surface area (Å²) in [5.41, 5.74) is 0. The van der Waals surface area contributed by atoms with E-state index in [0.29, 0.717) is 0 Å². The number of aliphatic imine (C=N–C) groups is 6. The average molecular weight is 585 g/mol. The van der Waals surface area contributed by atoms with Crippen LogP contribution in [0.15, 0.2) is 111 Å². The van der Waals surface area contributed by atoms with Crippen molar-refractivity contribution in [3.05, 3.63) is 61.0 Å². The zero-order chi connectivity index (χ0) is 33.8. The van der Waals surface area contributed by atoms with E-state index in [9.17, 15) is 0 Å². The van der Waals surface area contributed by atoms with Crippen LogP contribution in [0.2, 0.25) is 0 Å². The molecule has 0 spiro atoms. The molecule has 0 unspecified atom stereocenters. The second-order valence-corrected chi connectivity index (χ2v) is 6.01. The Hall–Kier alpha value is -4.34. The van der Waals surface area contributed by atoms with Crippen molar-refractivity contribution in [2.75, 3.05) is 35.2 Å². The van der Waals surface area contributed by atoms with Crippen LogP contribution in [0.4, 0.5) is 0 Å². The van der Waals surface area contributed by atoms with Gasteiger partial charge in [0.15, 0.2) is 0 Å². The van der Waals surface area contributed by atoms with Crippen molar-refractivity contribution in [1.29, 1.82) is 0 Å². The maximum atomic E-state index is 3.78. The second kappa shape index (κ2) is 83.3. The quantitative estimate of drug-likeness (QED) is 0.0932. The highest BCUT2D eigenvalue weighted by Crippen LogP contribution is 1.71. The molecule has 0 saturated carbocycles. The lowest BCUT2D eigenvalue weighted by molar-refractivity contribution is 1.16. The Balaban J connectivity index is -0.0000000681. The first-order valence-corrected chi connectivity index (χ1v) is 13.3. The van der Waals surface area contributed by atoms with Gasteiger partial charge in [-0.3, -0.25) is 30.0 Å². The first kappa shape index (κ1) is 53.8. The summed E-state index contributed by atoms with van der Waals surface area (Å²) >= 11 is 0. The summed E-state index contributed by atoms with van der Waals surface area (Å²) in [5.74, 6) is 0. The summed E-state index contributed by atoms with van der Waals surface area (Å²) in [6.45, 7) is 17.2. The van der Waals surface area contributed by atoms with Crippen LogP contribution < -0.4 is 0 Å². The van der Waals surface area contributed by atoms with Crippen molar-refractivity contribution in [3.63, 3.8) is 0 Å². The number of rotatable bonds is 7. The van der Waals surface area contributed by atoms with Crippen LogP contribution in [0.3, 0.4) is 0 Å². The summed E-state index contributed by atoms with van der Waals surface area (Å²) in [7, 11) is 8.50. The number of nitrogens with zero attached hydrogens (tertiary/aromatic N) is 10. The summed E-state index contributed by atoms with van der Waals surface area (Å²) in [6, 6.07) is 0. The van der Waals surface area contributed by atoms with E-state index in [-0.39, 0.29) is 0 Å². The van der Waals surface area contributed by atoms with E-state index in [4.69, 9.17) is 0 Å². The molecule has 0 aromatic carbocycles. The molecule has 238 valence electrons. The van der Waals surface area contributed by atoms with Gasteiger partial charge in [-0.15, -0.1) is 0 Å². The van der Waals surface area contributed by atoms with E-state index in [2.05, 4.69) is 50.4 Å². The number of hydrogen-bond donors (Lipinski definition) is 0. The van der Waals surface area contributed by atoms with E-state index < -0.39 is 0 Å². The minimum absolute atomic E-state index is 1.50. The number of azo groups is 1. The van der Waals surface area contributed by atoms with E-state index >= 15 is 0 Å². The maximum Gasteiger partial charge on any atom is 0.109 e. The summed E-state index contributed by atoms with van der Waals surface area (Å²) in [6.07, 6.45) is 32.2. The highest BCUT2D eigenvalue weighted by molar-refractivity contribution is 6.15. The largest absolute Gasteiger partial charge is 0.297 e. The zero-order valence-electron chi connectivity index (χ0n) is 28.9. The molecular formula is C32H60N10. The third-order valence-electron chi connectivity index (χ3n) is 2.63. The Morgan fingerprint density at radius 1 is 0.381 bits per heavy atom. The highest BCUT2D eigenvalue weighted by atomic mass is 15.2. The topological polar surface area (TPSA) is 124 Å². The number of allylic oxidation sites excluding steroid dienone is 8. The second-order valence-electron chi connectivity index (χ2n) is 6.01. The third kappa shape index (κ3) is 154. The molecule has 0 rings (SSSR count). The van der Waals surface area contributed by atoms with Crippen molar-refractivity contribution in [2.45, 2.75) is 62.3 Å². The average Bonchev–Trinajstić information content (AvgIpc) is 3.03. The molecule has 0 aliphatic heterocycles. The van der Waals surface area contributed by atoms with Crippen LogP contribution in [-0.2, 0) is 0 Å². The van der Waals surface area contributed by atoms with Gasteiger partial charge in [-0.1, -0.05) is 42.5 Å². The van der Waals surface area contributed by atoms with E-state index in [0.717, 1.165) is 0 Å². The van der Waals surface area contributed by atoms with Crippen LogP contribution >= 0.6 is 0 Å². The molecule has 0 aliphatic carbocycles. The lowest BCUT2D eigenvalue weighted by Gasteiger charge is -1.64. The fourth-order valence-corrected chi connectivity index (χ4v) is 1.10. The van der Waals surface area contributed by atoms with Gasteiger partial charge in [-0.25, -0.2) is 0 Å². The van der Waals surface area contributed by atoms with Gasteiger partial charge in [0.1, 0.15) is 6.34 Å². The Kier molecular flexibility index (Phi) is 107. The van der Waals surface area contributed by atoms with Crippen molar-refractivity contribution in [2.24, 2.45) is 50.4 Å². The van der Waals surface area contributed by atoms with Crippen molar-refractivity contribution >= 4 is 49.8 Å². The molecule has 0 aromatic heterocycles. The Morgan fingerprint density at radius 2 is 0.810 bits per heavy atom. The lowest BCUT2D eigenvalue weighted by Crippen LogP contribution is -1.69. The van der Waals surface area contributed by atoms with E-state index in [1.54, 1.807) is 91.1 Å². The lowest BCUT2D eigenvalue weighted by atomic mass is 10.5. The fraction of sp³-hybridized carbons (Fsp3) is 0.438. The van der Waals surface area contributed by atoms with Gasteiger partial charge in [0, 0.05) is 91.1 Å². The summed E-state index contributed by atoms with van der Waals surface area (Å²) in [5, 5.41) is 14.1. The minimum Gasteiger partial charge on any atom is -0.297 e. The molecule has 0 aliphatic rings. The monoisotopic (exact) mass is 585 g/mol. The molecule has 0 amide bonds. The van der Waals surface area contributed by atoms with Gasteiger partial charge < -0.3 is 0 Å². The maximum absolute atomic E-state index is 3.78. The van der Waals surface area contributed by atoms with Crippen LogP contribution in [0.25, 0.3) is 0 Å². The van der Waals surface area contributed by atoms with E-state index in [1.165, 1.54) is 6.34 Å². The van der Waals surface area contributed by atoms with Crippen LogP contribution in [-0.4, -0.2) is 85.1 Å². The summed E-state index contributed by atoms with van der Waals surface area (Å²) in [4.78, 5) is 22.1. The van der Waals surface area contributed by atoms with Gasteiger partial charge >= 0.3 is 0 Å². The Labute approximate surface area is 258 Å². The molecule has 0 N–H and O–H groups in total. The smallest absolute Gasteiger partial charge is 0.109 e. The predicted molar refractivity (Wildman–Crippen MR) is 199 cm³/mol. The molecule has 0 bridgehead atoms. The number of hydrogen-bond acceptors (Lipinski definition) is 9. The van der Waals surface area contributed by atoms with Crippen molar-refractivity contribution in [3.8, 4) is 0 Å². The molecule has 10 heteroatoms. The van der Waals surface area contributed by atoms with Crippen LogP contribution in [0.5, 0.6) is 0 Å². The van der Waals surface area contributed by atoms with Gasteiger partial charge in [0.25, 0.3) is 0 Å². The van der Waals surface area contributed by atoms with Gasteiger partial charge in [-0.05, 0) is 68.4 Å². The van der Waals surface area contributed by atoms with Gasteiger partial charge in [-0.2, -0.15) is 20.4 Å². The molecule has 0 aromatic rings. The Morgan fingerprint density at radius 3 is 0.976 bits per heavy atom. The van der Waals surface area contributed by atoms with Gasteiger partial charge in [0.05, 0.1) is 0 Å². The van der Waals surface area contributed by atoms with Crippen molar-refractivity contribution in [1.82, 2.24) is 0 Å². The molecule has 0 atom stereocenters. The third-order valence-corrected chi connectivity index (χ3v) is 2.63. The molecule has 0 fully saturated rings. The molecular weight excluding hydrogens is 524 g/mol. The molecule has 42 heavy (non-hydrogen) atoms. The first-order valence-electron chi connectivity index (χ1n) is 13.3. The standard InChI is InChI=1S/C6H10.2C5H9N.4C4H8N2/c1-3-5-6-4-2;1-3-4-5-6-2;1-3-5-6-4-2;1-5-3-4-6-2;1-3-6-4-5-2;1-3-4-6-5-2;1-3-5-6-4-2/h3-6H,1-2H3;2*3-5H,1-2H3;4*3-4H,1-2H3/b5-3-,6-4-;4-3-,6-5?;5-3-,6-4?;;;4-3-,6-5?;5-3-,6-4-. The summed E-state index contributed by atoms with van der Waals surface area (Å²) < 4.78 is 0. The molecule has 0 radical (unpaired) electrons. The molecule has 10 nitrogen and oxygen atoms in total. The Bertz CT molecular complexity index is 569. The molecule has 0 saturated heterocycles. The predicted octanol–water partition coefficient (Wildman–Crippen LogP) is 8.82. The highest BCUT2D eigenvalue weighted by Gasteiger charge is 1.52. The van der Waals surface area contributed by atoms with Crippen LogP contribution in [0, 0.1) is 0 Å². The van der Waals surface area contributed by atoms with Gasteiger partial charge in [0.2, 0.25) is 0 Å². The van der Waals surface area contributed by atoms with E-state index in [1.807, 2.05) is 111 Å². The van der Waals surface area contributed by atoms with Crippen LogP contribution in [0.1, 0.15) is 62.3 Å². The van der Waals surface area contributed by atoms with Crippen molar-refractivity contribution < 1.29 is 0 Å². The first-order chi connectivity index (χ1) is 20.4.